The van der Waals surface area contributed by atoms with E-state index in [1.807, 2.05) is 0 Å². The first-order chi connectivity index (χ1) is 14.8. The first-order valence-corrected chi connectivity index (χ1v) is 11.6. The van der Waals surface area contributed by atoms with Gasteiger partial charge in [-0.15, -0.1) is 0 Å². The second-order valence-electron chi connectivity index (χ2n) is 7.21. The lowest BCUT2D eigenvalue weighted by atomic mass is 10.2. The molecule has 2 aromatic rings. The molecule has 0 aliphatic carbocycles. The Labute approximate surface area is 178 Å². The lowest BCUT2D eigenvalue weighted by Gasteiger charge is -2.19. The molecule has 6 N–H and O–H groups in total. The van der Waals surface area contributed by atoms with E-state index in [2.05, 4.69) is 15.0 Å². The number of nitrogens with one attached hydrogen (secondary N) is 1. The molecule has 31 heavy (non-hydrogen) atoms. The molecule has 3 rings (SSSR count). The summed E-state index contributed by atoms with van der Waals surface area (Å²) in [5.74, 6) is -0.0400. The van der Waals surface area contributed by atoms with Crippen LogP contribution >= 0.6 is 7.82 Å². The van der Waals surface area contributed by atoms with Gasteiger partial charge in [-0.2, -0.15) is 4.98 Å². The Morgan fingerprint density at radius 1 is 1.35 bits per heavy atom. The summed E-state index contributed by atoms with van der Waals surface area (Å²) in [5, 5.41) is 0. The molecular weight excluding hydrogens is 431 g/mol. The van der Waals surface area contributed by atoms with Crippen LogP contribution in [0.25, 0.3) is 11.2 Å². The van der Waals surface area contributed by atoms with Crippen LogP contribution in [-0.4, -0.2) is 63.5 Å². The van der Waals surface area contributed by atoms with Crippen molar-refractivity contribution >= 4 is 24.9 Å². The number of nitrogens with two attached hydrogens (primary N) is 2. The number of imidazole rings is 1. The van der Waals surface area contributed by atoms with Crippen molar-refractivity contribution in [1.29, 1.82) is 0 Å². The van der Waals surface area contributed by atoms with E-state index < -0.39 is 31.8 Å². The van der Waals surface area contributed by atoms with Crippen molar-refractivity contribution in [3.63, 3.8) is 0 Å². The van der Waals surface area contributed by atoms with Crippen molar-refractivity contribution in [3.05, 3.63) is 16.7 Å². The van der Waals surface area contributed by atoms with Crippen LogP contribution in [0.4, 0.5) is 5.95 Å². The van der Waals surface area contributed by atoms with Crippen molar-refractivity contribution in [3.8, 4) is 0 Å². The third-order valence-electron chi connectivity index (χ3n) is 5.00. The van der Waals surface area contributed by atoms with Crippen LogP contribution in [0.3, 0.4) is 0 Å². The number of hydrogen-bond donors (Lipinski definition) is 4. The fourth-order valence-corrected chi connectivity index (χ4v) is 4.18. The topological polar surface area (TPSA) is 190 Å². The second-order valence-corrected chi connectivity index (χ2v) is 8.67. The number of aromatic amines is 1. The minimum Gasteiger partial charge on any atom is -0.378 e. The number of methoxy groups -OCH3 is 1. The molecule has 174 valence electrons. The lowest BCUT2D eigenvalue weighted by molar-refractivity contribution is -0.0516. The lowest BCUT2D eigenvalue weighted by Crippen LogP contribution is -2.28. The van der Waals surface area contributed by atoms with E-state index in [1.54, 1.807) is 4.57 Å². The predicted molar refractivity (Wildman–Crippen MR) is 111 cm³/mol. The maximum Gasteiger partial charge on any atom is 0.472 e. The molecule has 0 aromatic carbocycles. The number of fused-ring (bicyclic) bond motifs is 1. The highest BCUT2D eigenvalue weighted by Crippen LogP contribution is 2.44. The van der Waals surface area contributed by atoms with E-state index in [-0.39, 0.29) is 30.3 Å². The number of anilines is 1. The van der Waals surface area contributed by atoms with Gasteiger partial charge in [-0.05, 0) is 19.4 Å². The summed E-state index contributed by atoms with van der Waals surface area (Å²) in [6.45, 7) is 0.530. The normalized spacial score (nSPS) is 23.4. The van der Waals surface area contributed by atoms with Crippen LogP contribution in [0.15, 0.2) is 11.1 Å². The molecule has 14 heteroatoms. The van der Waals surface area contributed by atoms with E-state index >= 15 is 0 Å². The van der Waals surface area contributed by atoms with Gasteiger partial charge >= 0.3 is 7.82 Å². The fourth-order valence-electron chi connectivity index (χ4n) is 3.41. The number of aromatic nitrogens is 4. The number of hydrogen-bond acceptors (Lipinski definition) is 10. The Bertz CT molecular complexity index is 966. The number of H-pyrrole nitrogens is 1. The summed E-state index contributed by atoms with van der Waals surface area (Å²) in [6.07, 6.45) is 3.54. The molecule has 0 spiro atoms. The van der Waals surface area contributed by atoms with Crippen molar-refractivity contribution in [2.24, 2.45) is 5.73 Å². The van der Waals surface area contributed by atoms with Crippen molar-refractivity contribution in [2.45, 2.75) is 50.5 Å². The number of ether oxygens (including phenoxy) is 2. The Hall–Kier alpha value is -1.86. The van der Waals surface area contributed by atoms with Crippen LogP contribution in [0.1, 0.15) is 38.3 Å². The van der Waals surface area contributed by atoms with Gasteiger partial charge < -0.3 is 25.8 Å². The van der Waals surface area contributed by atoms with Crippen LogP contribution in [0, 0.1) is 0 Å². The summed E-state index contributed by atoms with van der Waals surface area (Å²) >= 11 is 0. The van der Waals surface area contributed by atoms with Gasteiger partial charge in [0.15, 0.2) is 11.2 Å². The highest BCUT2D eigenvalue weighted by molar-refractivity contribution is 7.47. The first kappa shape index (κ1) is 23.8. The average molecular weight is 460 g/mol. The summed E-state index contributed by atoms with van der Waals surface area (Å²) < 4.78 is 35.2. The molecule has 3 heterocycles. The third kappa shape index (κ3) is 6.10. The Morgan fingerprint density at radius 2 is 2.13 bits per heavy atom. The smallest absolute Gasteiger partial charge is 0.378 e. The largest absolute Gasteiger partial charge is 0.472 e. The average Bonchev–Trinajstić information content (AvgIpc) is 3.33. The number of unbranched alkanes of at least 4 members (excludes halogenated alkanes) is 3. The van der Waals surface area contributed by atoms with Gasteiger partial charge in [0.25, 0.3) is 5.56 Å². The third-order valence-corrected chi connectivity index (χ3v) is 5.98. The number of nitrogens with zero attached hydrogens (tertiary/aromatic N) is 3. The minimum absolute atomic E-state index is 0.0400. The van der Waals surface area contributed by atoms with E-state index in [9.17, 15) is 14.3 Å². The van der Waals surface area contributed by atoms with Gasteiger partial charge in [-0.3, -0.25) is 23.4 Å². The van der Waals surface area contributed by atoms with E-state index in [4.69, 9.17) is 30.0 Å². The van der Waals surface area contributed by atoms with Crippen LogP contribution in [0.2, 0.25) is 0 Å². The molecule has 1 aliphatic heterocycles. The van der Waals surface area contributed by atoms with E-state index in [0.717, 1.165) is 19.3 Å². The van der Waals surface area contributed by atoms with Gasteiger partial charge in [0.2, 0.25) is 5.95 Å². The highest BCUT2D eigenvalue weighted by atomic mass is 31.2. The van der Waals surface area contributed by atoms with Crippen LogP contribution in [-0.2, 0) is 23.1 Å². The number of rotatable bonds is 12. The maximum absolute atomic E-state index is 12.1. The molecule has 0 amide bonds. The number of phosphoric acid groups is 1. The highest BCUT2D eigenvalue weighted by Gasteiger charge is 2.39. The standard InChI is InChI=1S/C17H29N6O7P/c1-27-11-8-13(23-10-20-14-15(23)21-17(19)22-16(14)24)30-12(11)9-29-31(25,26)28-7-5-3-2-4-6-18/h10-13H,2-9,18H2,1H3,(H,25,26)(H3,19,21,22,24)/t11-,12+,13+/m0/s1. The quantitative estimate of drug-likeness (QED) is 0.257. The molecule has 13 nitrogen and oxygen atoms in total. The van der Waals surface area contributed by atoms with Gasteiger partial charge in [0, 0.05) is 13.5 Å². The molecule has 1 saturated heterocycles. The van der Waals surface area contributed by atoms with E-state index in [0.29, 0.717) is 19.4 Å². The summed E-state index contributed by atoms with van der Waals surface area (Å²) in [5.41, 5.74) is 11.0. The summed E-state index contributed by atoms with van der Waals surface area (Å²) in [6, 6.07) is 0. The monoisotopic (exact) mass is 460 g/mol. The molecule has 4 atom stereocenters. The predicted octanol–water partition coefficient (Wildman–Crippen LogP) is 0.657. The molecule has 1 aliphatic rings. The molecule has 1 unspecified atom stereocenters. The second kappa shape index (κ2) is 10.6. The van der Waals surface area contributed by atoms with Crippen molar-refractivity contribution in [2.75, 3.05) is 32.6 Å². The molecule has 1 fully saturated rings. The Kier molecular flexibility index (Phi) is 8.17. The molecule has 0 radical (unpaired) electrons. The molecular formula is C17H29N6O7P. The zero-order valence-corrected chi connectivity index (χ0v) is 18.2. The number of nitrogen functional groups attached to an aromatic ring is 1. The zero-order valence-electron chi connectivity index (χ0n) is 17.3. The Morgan fingerprint density at radius 3 is 2.87 bits per heavy atom. The number of phosphoric ester groups is 1. The fraction of sp³-hybridized carbons (Fsp3) is 0.706. The van der Waals surface area contributed by atoms with Crippen molar-refractivity contribution in [1.82, 2.24) is 19.5 Å². The van der Waals surface area contributed by atoms with Gasteiger partial charge in [0.05, 0.1) is 25.6 Å². The molecule has 2 aromatic heterocycles. The van der Waals surface area contributed by atoms with Crippen molar-refractivity contribution < 1.29 is 28.0 Å². The summed E-state index contributed by atoms with van der Waals surface area (Å²) in [4.78, 5) is 32.4. The SMILES string of the molecule is CO[C@H]1C[C@H](n2cnc3c(=O)[nH]c(N)nc32)O[C@@H]1COP(=O)(O)OCCCCCCN. The van der Waals surface area contributed by atoms with Gasteiger partial charge in [-0.25, -0.2) is 9.55 Å². The molecule has 0 saturated carbocycles. The zero-order chi connectivity index (χ0) is 22.4. The Balaban J connectivity index is 1.57. The van der Waals surface area contributed by atoms with E-state index in [1.165, 1.54) is 13.4 Å². The maximum atomic E-state index is 12.1. The van der Waals surface area contributed by atoms with Crippen LogP contribution in [0.5, 0.6) is 0 Å². The van der Waals surface area contributed by atoms with Gasteiger partial charge in [-0.1, -0.05) is 12.8 Å². The summed E-state index contributed by atoms with van der Waals surface area (Å²) in [7, 11) is -2.72. The minimum atomic E-state index is -4.22. The van der Waals surface area contributed by atoms with Gasteiger partial charge in [0.1, 0.15) is 12.3 Å². The first-order valence-electron chi connectivity index (χ1n) is 10.1. The van der Waals surface area contributed by atoms with Crippen LogP contribution < -0.4 is 17.0 Å². The molecule has 0 bridgehead atoms.